The number of nitrogens with zero attached hydrogens (tertiary/aromatic N) is 2. The molecule has 1 aromatic rings. The second kappa shape index (κ2) is 5.99. The first-order chi connectivity index (χ1) is 12.5. The van der Waals surface area contributed by atoms with Crippen molar-refractivity contribution in [2.45, 2.75) is 69.6 Å². The summed E-state index contributed by atoms with van der Waals surface area (Å²) in [7, 11) is 0. The van der Waals surface area contributed by atoms with Gasteiger partial charge in [-0.2, -0.15) is 0 Å². The minimum atomic E-state index is -0.479. The van der Waals surface area contributed by atoms with Crippen molar-refractivity contribution in [3.05, 3.63) is 23.3 Å². The number of ether oxygens (including phenoxy) is 1. The molecule has 4 saturated carbocycles. The number of aryl methyl sites for hydroxylation is 1. The molecule has 5 aliphatic rings. The van der Waals surface area contributed by atoms with E-state index in [2.05, 4.69) is 15.3 Å². The molecule has 3 atom stereocenters. The standard InChI is InChI=1S/C20H27N3O3/c1-11-21-10-15(18(22-11)16-3-2-4-26-16)19(24)23-17-13-5-12-6-14(17)9-20(25,7-12)8-13/h10,12-14,16-17,25H,2-9H2,1H3,(H,23,24). The van der Waals surface area contributed by atoms with E-state index in [4.69, 9.17) is 4.74 Å². The number of amides is 1. The fourth-order valence-electron chi connectivity index (χ4n) is 6.15. The molecule has 26 heavy (non-hydrogen) atoms. The Morgan fingerprint density at radius 1 is 1.31 bits per heavy atom. The predicted octanol–water partition coefficient (Wildman–Crippen LogP) is 2.31. The third-order valence-electron chi connectivity index (χ3n) is 6.96. The molecule has 2 N–H and O–H groups in total. The van der Waals surface area contributed by atoms with E-state index in [1.807, 2.05) is 6.92 Å². The number of hydrogen-bond donors (Lipinski definition) is 2. The van der Waals surface area contributed by atoms with Gasteiger partial charge in [-0.15, -0.1) is 0 Å². The Labute approximate surface area is 153 Å². The fourth-order valence-corrected chi connectivity index (χ4v) is 6.15. The van der Waals surface area contributed by atoms with E-state index in [1.54, 1.807) is 6.20 Å². The van der Waals surface area contributed by atoms with E-state index in [9.17, 15) is 9.90 Å². The largest absolute Gasteiger partial charge is 0.390 e. The molecule has 4 aliphatic carbocycles. The van der Waals surface area contributed by atoms with Crippen LogP contribution in [0.15, 0.2) is 6.20 Å². The lowest BCUT2D eigenvalue weighted by atomic mass is 9.52. The maximum Gasteiger partial charge on any atom is 0.255 e. The molecule has 1 aromatic heterocycles. The van der Waals surface area contributed by atoms with Crippen LogP contribution in [0.3, 0.4) is 0 Å². The average molecular weight is 357 g/mol. The van der Waals surface area contributed by atoms with Crippen molar-refractivity contribution < 1.29 is 14.6 Å². The van der Waals surface area contributed by atoms with Crippen LogP contribution in [0.4, 0.5) is 0 Å². The van der Waals surface area contributed by atoms with E-state index in [1.165, 1.54) is 0 Å². The summed E-state index contributed by atoms with van der Waals surface area (Å²) in [6, 6.07) is 0.165. The topological polar surface area (TPSA) is 84.3 Å². The highest BCUT2D eigenvalue weighted by atomic mass is 16.5. The Morgan fingerprint density at radius 2 is 2.08 bits per heavy atom. The Bertz CT molecular complexity index is 715. The fraction of sp³-hybridized carbons (Fsp3) is 0.750. The quantitative estimate of drug-likeness (QED) is 0.867. The highest BCUT2D eigenvalue weighted by Gasteiger charge is 2.55. The molecule has 5 fully saturated rings. The van der Waals surface area contributed by atoms with Crippen LogP contribution in [-0.2, 0) is 4.74 Å². The van der Waals surface area contributed by atoms with Crippen molar-refractivity contribution in [3.63, 3.8) is 0 Å². The predicted molar refractivity (Wildman–Crippen MR) is 94.5 cm³/mol. The summed E-state index contributed by atoms with van der Waals surface area (Å²) in [4.78, 5) is 21.9. The molecule has 6 nitrogen and oxygen atoms in total. The van der Waals surface area contributed by atoms with Gasteiger partial charge in [-0.25, -0.2) is 9.97 Å². The van der Waals surface area contributed by atoms with Crippen LogP contribution in [0.2, 0.25) is 0 Å². The number of hydrogen-bond acceptors (Lipinski definition) is 5. The average Bonchev–Trinajstić information content (AvgIpc) is 3.11. The second-order valence-electron chi connectivity index (χ2n) is 8.91. The summed E-state index contributed by atoms with van der Waals surface area (Å²) in [5.74, 6) is 2.01. The van der Waals surface area contributed by atoms with Crippen LogP contribution in [0.5, 0.6) is 0 Å². The first-order valence-electron chi connectivity index (χ1n) is 9.99. The molecule has 1 amide bonds. The molecule has 0 spiro atoms. The van der Waals surface area contributed by atoms with Gasteiger partial charge >= 0.3 is 0 Å². The zero-order valence-electron chi connectivity index (χ0n) is 15.3. The van der Waals surface area contributed by atoms with Gasteiger partial charge in [0.05, 0.1) is 16.9 Å². The number of carbonyl (C=O) groups excluding carboxylic acids is 1. The van der Waals surface area contributed by atoms with Crippen molar-refractivity contribution in [2.24, 2.45) is 17.8 Å². The molecule has 2 heterocycles. The van der Waals surface area contributed by atoms with Gasteiger partial charge in [0.2, 0.25) is 0 Å². The highest BCUT2D eigenvalue weighted by Crippen LogP contribution is 2.55. The van der Waals surface area contributed by atoms with Crippen molar-refractivity contribution in [1.29, 1.82) is 0 Å². The second-order valence-corrected chi connectivity index (χ2v) is 8.91. The Morgan fingerprint density at radius 3 is 2.73 bits per heavy atom. The molecule has 0 radical (unpaired) electrons. The lowest BCUT2D eigenvalue weighted by Gasteiger charge is -2.58. The van der Waals surface area contributed by atoms with Gasteiger partial charge in [-0.05, 0) is 69.6 Å². The molecule has 1 saturated heterocycles. The Kier molecular flexibility index (Phi) is 3.83. The van der Waals surface area contributed by atoms with Gasteiger partial charge in [0, 0.05) is 18.8 Å². The van der Waals surface area contributed by atoms with Gasteiger partial charge in [-0.1, -0.05) is 0 Å². The van der Waals surface area contributed by atoms with Gasteiger partial charge in [0.25, 0.3) is 5.91 Å². The first kappa shape index (κ1) is 16.6. The lowest BCUT2D eigenvalue weighted by Crippen LogP contribution is -2.61. The van der Waals surface area contributed by atoms with E-state index in [-0.39, 0.29) is 18.1 Å². The number of rotatable bonds is 3. The number of aromatic nitrogens is 2. The Balaban J connectivity index is 1.38. The summed E-state index contributed by atoms with van der Waals surface area (Å²) in [6.45, 7) is 2.57. The summed E-state index contributed by atoms with van der Waals surface area (Å²) in [5.41, 5.74) is 0.804. The molecule has 140 valence electrons. The molecule has 4 bridgehead atoms. The molecule has 1 aliphatic heterocycles. The Hall–Kier alpha value is -1.53. The monoisotopic (exact) mass is 357 g/mol. The van der Waals surface area contributed by atoms with Crippen LogP contribution in [0.1, 0.15) is 72.9 Å². The molecular weight excluding hydrogens is 330 g/mol. The molecular formula is C20H27N3O3. The summed E-state index contributed by atoms with van der Waals surface area (Å²) in [6.07, 6.45) is 8.33. The van der Waals surface area contributed by atoms with Crippen molar-refractivity contribution in [1.82, 2.24) is 15.3 Å². The zero-order valence-corrected chi connectivity index (χ0v) is 15.3. The molecule has 6 rings (SSSR count). The molecule has 6 heteroatoms. The summed E-state index contributed by atoms with van der Waals surface area (Å²) in [5, 5.41) is 14.0. The van der Waals surface area contributed by atoms with Gasteiger partial charge in [-0.3, -0.25) is 4.79 Å². The number of carbonyl (C=O) groups is 1. The number of aliphatic hydroxyl groups is 1. The van der Waals surface area contributed by atoms with Crippen LogP contribution in [0.25, 0.3) is 0 Å². The normalized spacial score (nSPS) is 40.8. The van der Waals surface area contributed by atoms with Crippen LogP contribution >= 0.6 is 0 Å². The van der Waals surface area contributed by atoms with E-state index >= 15 is 0 Å². The smallest absolute Gasteiger partial charge is 0.255 e. The van der Waals surface area contributed by atoms with Gasteiger partial charge in [0.15, 0.2) is 0 Å². The maximum absolute atomic E-state index is 13.1. The van der Waals surface area contributed by atoms with E-state index in [0.717, 1.165) is 57.2 Å². The number of nitrogens with one attached hydrogen (secondary N) is 1. The van der Waals surface area contributed by atoms with Crippen molar-refractivity contribution in [3.8, 4) is 0 Å². The lowest BCUT2D eigenvalue weighted by molar-refractivity contribution is -0.136. The highest BCUT2D eigenvalue weighted by molar-refractivity contribution is 5.95. The van der Waals surface area contributed by atoms with Gasteiger partial charge < -0.3 is 15.2 Å². The van der Waals surface area contributed by atoms with E-state index in [0.29, 0.717) is 29.1 Å². The minimum Gasteiger partial charge on any atom is -0.390 e. The minimum absolute atomic E-state index is 0.0834. The third kappa shape index (κ3) is 2.74. The van der Waals surface area contributed by atoms with Crippen LogP contribution < -0.4 is 5.32 Å². The zero-order chi connectivity index (χ0) is 17.9. The molecule has 3 unspecified atom stereocenters. The summed E-state index contributed by atoms with van der Waals surface area (Å²) < 4.78 is 5.78. The van der Waals surface area contributed by atoms with Crippen molar-refractivity contribution >= 4 is 5.91 Å². The third-order valence-corrected chi connectivity index (χ3v) is 6.96. The van der Waals surface area contributed by atoms with Crippen LogP contribution in [-0.4, -0.2) is 39.2 Å². The van der Waals surface area contributed by atoms with Crippen LogP contribution in [0, 0.1) is 24.7 Å². The first-order valence-corrected chi connectivity index (χ1v) is 9.99. The maximum atomic E-state index is 13.1. The van der Waals surface area contributed by atoms with Crippen molar-refractivity contribution in [2.75, 3.05) is 6.61 Å². The molecule has 0 aromatic carbocycles. The SMILES string of the molecule is Cc1ncc(C(=O)NC2C3CC4CC2CC(O)(C4)C3)c(C2CCCO2)n1. The van der Waals surface area contributed by atoms with E-state index < -0.39 is 5.60 Å². The summed E-state index contributed by atoms with van der Waals surface area (Å²) >= 11 is 0. The van der Waals surface area contributed by atoms with Gasteiger partial charge in [0.1, 0.15) is 11.9 Å².